The fourth-order valence-corrected chi connectivity index (χ4v) is 3.95. The average Bonchev–Trinajstić information content (AvgIpc) is 3.00. The van der Waals surface area contributed by atoms with Crippen LogP contribution in [0.2, 0.25) is 0 Å². The Morgan fingerprint density at radius 1 is 1.19 bits per heavy atom. The highest BCUT2D eigenvalue weighted by Gasteiger charge is 2.45. The molecular formula is C17H23N3O. The summed E-state index contributed by atoms with van der Waals surface area (Å²) in [4.78, 5) is 4.93. The topological polar surface area (TPSA) is 27.7 Å². The van der Waals surface area contributed by atoms with Gasteiger partial charge in [0.25, 0.3) is 0 Å². The van der Waals surface area contributed by atoms with Gasteiger partial charge in [-0.25, -0.2) is 0 Å². The Balaban J connectivity index is 1.77. The fraction of sp³-hybridized carbons (Fsp3) is 0.529. The molecule has 21 heavy (non-hydrogen) atoms. The first-order valence-corrected chi connectivity index (χ1v) is 7.85. The first kappa shape index (κ1) is 13.0. The first-order chi connectivity index (χ1) is 10.2. The Labute approximate surface area is 126 Å². The van der Waals surface area contributed by atoms with E-state index in [1.807, 2.05) is 0 Å². The minimum Gasteiger partial charge on any atom is -0.497 e. The van der Waals surface area contributed by atoms with E-state index in [9.17, 15) is 0 Å². The van der Waals surface area contributed by atoms with Crippen LogP contribution in [0.4, 0.5) is 11.4 Å². The maximum atomic E-state index is 5.40. The average molecular weight is 285 g/mol. The zero-order valence-corrected chi connectivity index (χ0v) is 12.9. The summed E-state index contributed by atoms with van der Waals surface area (Å²) in [7, 11) is 3.95. The van der Waals surface area contributed by atoms with E-state index >= 15 is 0 Å². The van der Waals surface area contributed by atoms with Crippen LogP contribution < -0.4 is 15.0 Å². The smallest absolute Gasteiger partial charge is 0.121 e. The van der Waals surface area contributed by atoms with E-state index < -0.39 is 0 Å². The molecule has 1 spiro atoms. The van der Waals surface area contributed by atoms with Crippen LogP contribution in [0.15, 0.2) is 30.0 Å². The summed E-state index contributed by atoms with van der Waals surface area (Å²) >= 11 is 0. The molecule has 3 aliphatic heterocycles. The Morgan fingerprint density at radius 2 is 2.00 bits per heavy atom. The summed E-state index contributed by atoms with van der Waals surface area (Å²) < 4.78 is 5.40. The number of nitrogens with zero attached hydrogens (tertiary/aromatic N) is 2. The number of piperidine rings is 1. The van der Waals surface area contributed by atoms with Gasteiger partial charge in [0.1, 0.15) is 5.75 Å². The lowest BCUT2D eigenvalue weighted by molar-refractivity contribution is 0.222. The second-order valence-corrected chi connectivity index (χ2v) is 6.42. The van der Waals surface area contributed by atoms with Crippen LogP contribution in [0.5, 0.6) is 5.75 Å². The van der Waals surface area contributed by atoms with Gasteiger partial charge in [-0.1, -0.05) is 6.08 Å². The molecule has 0 saturated carbocycles. The molecule has 1 N–H and O–H groups in total. The van der Waals surface area contributed by atoms with Crippen LogP contribution in [-0.4, -0.2) is 44.2 Å². The van der Waals surface area contributed by atoms with Gasteiger partial charge in [-0.15, -0.1) is 0 Å². The third-order valence-corrected chi connectivity index (χ3v) is 5.18. The van der Waals surface area contributed by atoms with Gasteiger partial charge in [-0.05, 0) is 38.4 Å². The fourth-order valence-electron chi connectivity index (χ4n) is 3.95. The minimum absolute atomic E-state index is 0.113. The van der Waals surface area contributed by atoms with Gasteiger partial charge >= 0.3 is 0 Å². The number of ether oxygens (including phenoxy) is 1. The molecule has 0 aliphatic carbocycles. The summed E-state index contributed by atoms with van der Waals surface area (Å²) in [6.07, 6.45) is 5.93. The molecule has 0 bridgehead atoms. The van der Waals surface area contributed by atoms with Crippen LogP contribution in [0.3, 0.4) is 0 Å². The molecule has 0 amide bonds. The van der Waals surface area contributed by atoms with Gasteiger partial charge in [0.15, 0.2) is 0 Å². The predicted octanol–water partition coefficient (Wildman–Crippen LogP) is 2.68. The molecule has 1 aromatic carbocycles. The molecule has 4 nitrogen and oxygen atoms in total. The summed E-state index contributed by atoms with van der Waals surface area (Å²) in [5.74, 6) is 0.927. The Morgan fingerprint density at radius 3 is 2.76 bits per heavy atom. The van der Waals surface area contributed by atoms with Crippen molar-refractivity contribution in [2.45, 2.75) is 24.8 Å². The summed E-state index contributed by atoms with van der Waals surface area (Å²) in [5.41, 5.74) is 4.12. The zero-order valence-electron chi connectivity index (χ0n) is 12.9. The first-order valence-electron chi connectivity index (χ1n) is 7.85. The quantitative estimate of drug-likeness (QED) is 0.858. The van der Waals surface area contributed by atoms with Crippen molar-refractivity contribution in [2.75, 3.05) is 44.0 Å². The summed E-state index contributed by atoms with van der Waals surface area (Å²) in [6, 6.07) is 6.38. The van der Waals surface area contributed by atoms with Crippen molar-refractivity contribution in [1.29, 1.82) is 0 Å². The normalized spacial score (nSPS) is 23.3. The van der Waals surface area contributed by atoms with E-state index in [4.69, 9.17) is 4.74 Å². The molecule has 3 aliphatic rings. The van der Waals surface area contributed by atoms with Crippen molar-refractivity contribution in [2.24, 2.45) is 0 Å². The lowest BCUT2D eigenvalue weighted by atomic mass is 9.81. The van der Waals surface area contributed by atoms with E-state index in [0.717, 1.165) is 31.8 Å². The highest BCUT2D eigenvalue weighted by molar-refractivity contribution is 5.80. The van der Waals surface area contributed by atoms with Gasteiger partial charge in [0, 0.05) is 31.4 Å². The lowest BCUT2D eigenvalue weighted by Gasteiger charge is -2.49. The number of likely N-dealkylation sites (tertiary alicyclic amines) is 1. The Bertz CT molecular complexity index is 588. The van der Waals surface area contributed by atoms with Gasteiger partial charge < -0.3 is 19.9 Å². The van der Waals surface area contributed by atoms with Crippen LogP contribution in [0, 0.1) is 0 Å². The number of hydrogen-bond acceptors (Lipinski definition) is 4. The van der Waals surface area contributed by atoms with E-state index in [-0.39, 0.29) is 5.54 Å². The highest BCUT2D eigenvalue weighted by Crippen LogP contribution is 2.47. The van der Waals surface area contributed by atoms with Crippen molar-refractivity contribution < 1.29 is 4.74 Å². The predicted molar refractivity (Wildman–Crippen MR) is 86.1 cm³/mol. The number of hydrogen-bond donors (Lipinski definition) is 1. The standard InChI is InChI=1S/C17H23N3O/c1-19-10-7-17(8-11-19)16-4-3-9-20(16)15-6-5-13(21-2)12-14(15)18-17/h4-6,12,18H,3,7-11H2,1-2H3. The maximum absolute atomic E-state index is 5.40. The van der Waals surface area contributed by atoms with Gasteiger partial charge in [0.2, 0.25) is 0 Å². The SMILES string of the molecule is COc1ccc2c(c1)NC1(CCN(C)CC1)C1=CCCN12. The molecule has 1 fully saturated rings. The Kier molecular flexibility index (Phi) is 2.89. The van der Waals surface area contributed by atoms with Gasteiger partial charge in [0.05, 0.1) is 24.0 Å². The molecule has 1 aromatic rings. The van der Waals surface area contributed by atoms with Gasteiger partial charge in [-0.3, -0.25) is 0 Å². The number of rotatable bonds is 1. The number of benzene rings is 1. The van der Waals surface area contributed by atoms with Crippen LogP contribution in [-0.2, 0) is 0 Å². The van der Waals surface area contributed by atoms with Crippen LogP contribution in [0.25, 0.3) is 0 Å². The monoisotopic (exact) mass is 285 g/mol. The van der Waals surface area contributed by atoms with Crippen molar-refractivity contribution in [3.63, 3.8) is 0 Å². The maximum Gasteiger partial charge on any atom is 0.121 e. The van der Waals surface area contributed by atoms with E-state index in [1.54, 1.807) is 7.11 Å². The van der Waals surface area contributed by atoms with E-state index in [1.165, 1.54) is 29.9 Å². The molecular weight excluding hydrogens is 262 g/mol. The highest BCUT2D eigenvalue weighted by atomic mass is 16.5. The summed E-state index contributed by atoms with van der Waals surface area (Å²) in [6.45, 7) is 3.41. The second-order valence-electron chi connectivity index (χ2n) is 6.42. The van der Waals surface area contributed by atoms with Crippen LogP contribution >= 0.6 is 0 Å². The molecule has 4 rings (SSSR count). The number of methoxy groups -OCH3 is 1. The third kappa shape index (κ3) is 1.93. The van der Waals surface area contributed by atoms with E-state index in [0.29, 0.717) is 0 Å². The van der Waals surface area contributed by atoms with Crippen molar-refractivity contribution in [1.82, 2.24) is 4.90 Å². The second kappa shape index (κ2) is 4.67. The van der Waals surface area contributed by atoms with Crippen LogP contribution in [0.1, 0.15) is 19.3 Å². The molecule has 0 atom stereocenters. The molecule has 0 radical (unpaired) electrons. The number of fused-ring (bicyclic) bond motifs is 4. The third-order valence-electron chi connectivity index (χ3n) is 5.18. The molecule has 1 saturated heterocycles. The Hall–Kier alpha value is -1.68. The molecule has 4 heteroatoms. The number of nitrogens with one attached hydrogen (secondary N) is 1. The minimum atomic E-state index is 0.113. The lowest BCUT2D eigenvalue weighted by Crippen LogP contribution is -2.54. The molecule has 112 valence electrons. The molecule has 3 heterocycles. The van der Waals surface area contributed by atoms with Gasteiger partial charge in [-0.2, -0.15) is 0 Å². The molecule has 0 aromatic heterocycles. The summed E-state index contributed by atoms with van der Waals surface area (Å²) in [5, 5.41) is 3.86. The largest absolute Gasteiger partial charge is 0.497 e. The van der Waals surface area contributed by atoms with E-state index in [2.05, 4.69) is 46.4 Å². The van der Waals surface area contributed by atoms with Crippen molar-refractivity contribution >= 4 is 11.4 Å². The molecule has 0 unspecified atom stereocenters. The number of anilines is 2. The van der Waals surface area contributed by atoms with Crippen molar-refractivity contribution in [3.05, 3.63) is 30.0 Å². The van der Waals surface area contributed by atoms with Crippen molar-refractivity contribution in [3.8, 4) is 5.75 Å². The zero-order chi connectivity index (χ0) is 14.4.